The van der Waals surface area contributed by atoms with Crippen molar-refractivity contribution in [1.82, 2.24) is 0 Å². The van der Waals surface area contributed by atoms with Gasteiger partial charge in [0.05, 0.1) is 10.9 Å². The normalized spacial score (nSPS) is 11.2. The molecule has 0 saturated carbocycles. The maximum Gasteiger partial charge on any atom is 0.175 e. The van der Waals surface area contributed by atoms with Crippen LogP contribution in [0.15, 0.2) is 23.1 Å². The quantitative estimate of drug-likeness (QED) is 0.639. The van der Waals surface area contributed by atoms with E-state index in [4.69, 9.17) is 5.73 Å². The Morgan fingerprint density at radius 3 is 2.36 bits per heavy atom. The number of carboxylic acid groups (broad SMARTS) is 1. The van der Waals surface area contributed by atoms with Crippen LogP contribution in [-0.2, 0) is 9.84 Å². The lowest BCUT2D eigenvalue weighted by molar-refractivity contribution is -0.254. The number of nitrogens with two attached hydrogens (primary N) is 1. The summed E-state index contributed by atoms with van der Waals surface area (Å²) < 4.78 is 22.1. The molecular formula is C8H8NO4S-. The number of hydrogen-bond acceptors (Lipinski definition) is 5. The Hall–Kier alpha value is -1.56. The number of anilines is 1. The molecule has 0 atom stereocenters. The first-order valence-electron chi connectivity index (χ1n) is 3.63. The Morgan fingerprint density at radius 1 is 1.43 bits per heavy atom. The number of sulfone groups is 1. The first kappa shape index (κ1) is 10.5. The first-order chi connectivity index (χ1) is 6.32. The number of hydrogen-bond donors (Lipinski definition) is 1. The molecule has 0 aromatic heterocycles. The summed E-state index contributed by atoms with van der Waals surface area (Å²) in [5.74, 6) is -1.43. The van der Waals surface area contributed by atoms with Crippen molar-refractivity contribution in [1.29, 1.82) is 0 Å². The van der Waals surface area contributed by atoms with Crippen LogP contribution in [0.3, 0.4) is 0 Å². The molecule has 5 nitrogen and oxygen atoms in total. The van der Waals surface area contributed by atoms with Crippen molar-refractivity contribution in [3.05, 3.63) is 23.8 Å². The molecule has 0 radical (unpaired) electrons. The van der Waals surface area contributed by atoms with Crippen molar-refractivity contribution < 1.29 is 18.3 Å². The minimum absolute atomic E-state index is 0.0139. The van der Waals surface area contributed by atoms with Crippen LogP contribution in [0.5, 0.6) is 0 Å². The van der Waals surface area contributed by atoms with Crippen molar-refractivity contribution in [3.8, 4) is 0 Å². The molecule has 0 fully saturated rings. The molecule has 0 saturated heterocycles. The number of carbonyl (C=O) groups excluding carboxylic acids is 1. The van der Waals surface area contributed by atoms with Crippen LogP contribution in [0.4, 0.5) is 5.69 Å². The summed E-state index contributed by atoms with van der Waals surface area (Å²) in [6.45, 7) is 0. The maximum absolute atomic E-state index is 11.0. The van der Waals surface area contributed by atoms with E-state index in [2.05, 4.69) is 0 Å². The standard InChI is InChI=1S/C8H9NO4S/c1-14(12,13)5-2-3-6(8(10)11)7(9)4-5/h2-4H,9H2,1H3,(H,10,11)/p-1. The van der Waals surface area contributed by atoms with Crippen LogP contribution >= 0.6 is 0 Å². The molecule has 0 unspecified atom stereocenters. The highest BCUT2D eigenvalue weighted by Gasteiger charge is 2.09. The van der Waals surface area contributed by atoms with Gasteiger partial charge in [0, 0.05) is 17.5 Å². The minimum Gasteiger partial charge on any atom is -0.545 e. The molecule has 0 aliphatic rings. The van der Waals surface area contributed by atoms with Gasteiger partial charge in [0.15, 0.2) is 9.84 Å². The third-order valence-electron chi connectivity index (χ3n) is 1.67. The van der Waals surface area contributed by atoms with Crippen molar-refractivity contribution >= 4 is 21.5 Å². The van der Waals surface area contributed by atoms with E-state index in [1.807, 2.05) is 0 Å². The van der Waals surface area contributed by atoms with Crippen molar-refractivity contribution in [2.75, 3.05) is 12.0 Å². The van der Waals surface area contributed by atoms with E-state index in [0.717, 1.165) is 18.4 Å². The van der Waals surface area contributed by atoms with Crippen LogP contribution < -0.4 is 10.8 Å². The Morgan fingerprint density at radius 2 is 2.00 bits per heavy atom. The number of nitrogen functional groups attached to an aromatic ring is 1. The van der Waals surface area contributed by atoms with Gasteiger partial charge < -0.3 is 15.6 Å². The highest BCUT2D eigenvalue weighted by Crippen LogP contribution is 2.17. The molecule has 1 rings (SSSR count). The first-order valence-corrected chi connectivity index (χ1v) is 5.52. The van der Waals surface area contributed by atoms with Crippen LogP contribution in [0.2, 0.25) is 0 Å². The summed E-state index contributed by atoms with van der Waals surface area (Å²) in [6.07, 6.45) is 1.01. The van der Waals surface area contributed by atoms with Crippen LogP contribution in [0, 0.1) is 0 Å². The van der Waals surface area contributed by atoms with Gasteiger partial charge >= 0.3 is 0 Å². The average Bonchev–Trinajstić information content (AvgIpc) is 2.01. The number of rotatable bonds is 2. The molecule has 14 heavy (non-hydrogen) atoms. The molecule has 2 N–H and O–H groups in total. The summed E-state index contributed by atoms with van der Waals surface area (Å²) in [4.78, 5) is 10.4. The molecule has 0 spiro atoms. The average molecular weight is 214 g/mol. The number of carbonyl (C=O) groups is 1. The van der Waals surface area contributed by atoms with Crippen LogP contribution in [-0.4, -0.2) is 20.6 Å². The molecule has 0 aliphatic heterocycles. The smallest absolute Gasteiger partial charge is 0.175 e. The van der Waals surface area contributed by atoms with Crippen molar-refractivity contribution in [3.63, 3.8) is 0 Å². The Bertz CT molecular complexity index is 478. The lowest BCUT2D eigenvalue weighted by atomic mass is 10.2. The summed E-state index contributed by atoms with van der Waals surface area (Å²) in [5.41, 5.74) is 5.01. The fraction of sp³-hybridized carbons (Fsp3) is 0.125. The second-order valence-electron chi connectivity index (χ2n) is 2.81. The number of benzene rings is 1. The van der Waals surface area contributed by atoms with Gasteiger partial charge in [-0.25, -0.2) is 8.42 Å². The maximum atomic E-state index is 11.0. The molecule has 76 valence electrons. The van der Waals surface area contributed by atoms with E-state index in [1.165, 1.54) is 6.07 Å². The van der Waals surface area contributed by atoms with Gasteiger partial charge in [-0.05, 0) is 18.2 Å². The van der Waals surface area contributed by atoms with Crippen molar-refractivity contribution in [2.24, 2.45) is 0 Å². The monoisotopic (exact) mass is 214 g/mol. The second-order valence-corrected chi connectivity index (χ2v) is 4.82. The fourth-order valence-electron chi connectivity index (χ4n) is 0.957. The Kier molecular flexibility index (Phi) is 2.48. The summed E-state index contributed by atoms with van der Waals surface area (Å²) in [7, 11) is -3.36. The molecule has 0 aliphatic carbocycles. The molecule has 6 heteroatoms. The second kappa shape index (κ2) is 3.30. The highest BCUT2D eigenvalue weighted by atomic mass is 32.2. The molecule has 0 heterocycles. The van der Waals surface area contributed by atoms with Gasteiger partial charge in [-0.3, -0.25) is 0 Å². The topological polar surface area (TPSA) is 100 Å². The number of carboxylic acids is 1. The van der Waals surface area contributed by atoms with E-state index in [9.17, 15) is 18.3 Å². The van der Waals surface area contributed by atoms with E-state index in [0.29, 0.717) is 0 Å². The van der Waals surface area contributed by atoms with Gasteiger partial charge in [0.2, 0.25) is 0 Å². The van der Waals surface area contributed by atoms with Gasteiger partial charge in [-0.15, -0.1) is 0 Å². The zero-order chi connectivity index (χ0) is 10.9. The van der Waals surface area contributed by atoms with Crippen LogP contribution in [0.25, 0.3) is 0 Å². The molecule has 1 aromatic carbocycles. The number of aromatic carboxylic acids is 1. The lowest BCUT2D eigenvalue weighted by Gasteiger charge is -2.07. The molecule has 1 aromatic rings. The Labute approximate surface area is 81.1 Å². The van der Waals surface area contributed by atoms with Gasteiger partial charge in [0.1, 0.15) is 0 Å². The highest BCUT2D eigenvalue weighted by molar-refractivity contribution is 7.90. The summed E-state index contributed by atoms with van der Waals surface area (Å²) in [5, 5.41) is 10.4. The third kappa shape index (κ3) is 2.02. The zero-order valence-corrected chi connectivity index (χ0v) is 8.17. The van der Waals surface area contributed by atoms with E-state index in [1.54, 1.807) is 0 Å². The molecular weight excluding hydrogens is 206 g/mol. The van der Waals surface area contributed by atoms with Gasteiger partial charge in [-0.1, -0.05) is 0 Å². The van der Waals surface area contributed by atoms with Crippen LogP contribution in [0.1, 0.15) is 10.4 Å². The molecule has 0 bridgehead atoms. The predicted octanol–water partition coefficient (Wildman–Crippen LogP) is -0.964. The van der Waals surface area contributed by atoms with Gasteiger partial charge in [-0.2, -0.15) is 0 Å². The predicted molar refractivity (Wildman–Crippen MR) is 48.3 cm³/mol. The van der Waals surface area contributed by atoms with E-state index >= 15 is 0 Å². The molecule has 0 amide bonds. The van der Waals surface area contributed by atoms with Gasteiger partial charge in [0.25, 0.3) is 0 Å². The third-order valence-corrected chi connectivity index (χ3v) is 2.78. The summed E-state index contributed by atoms with van der Waals surface area (Å²) in [6, 6.07) is 3.39. The minimum atomic E-state index is -3.36. The Balaban J connectivity index is 3.34. The van der Waals surface area contributed by atoms with E-state index < -0.39 is 15.8 Å². The summed E-state index contributed by atoms with van der Waals surface area (Å²) >= 11 is 0. The van der Waals surface area contributed by atoms with E-state index in [-0.39, 0.29) is 16.1 Å². The SMILES string of the molecule is CS(=O)(=O)c1ccc(C(=O)[O-])c(N)c1. The fourth-order valence-corrected chi connectivity index (χ4v) is 1.61. The van der Waals surface area contributed by atoms with Crippen molar-refractivity contribution in [2.45, 2.75) is 4.90 Å². The largest absolute Gasteiger partial charge is 0.545 e. The zero-order valence-electron chi connectivity index (χ0n) is 7.35. The lowest BCUT2D eigenvalue weighted by Crippen LogP contribution is -2.23.